The summed E-state index contributed by atoms with van der Waals surface area (Å²) in [5.74, 6) is 6.50. The molecule has 0 aliphatic carbocycles. The van der Waals surface area contributed by atoms with Crippen molar-refractivity contribution in [2.45, 2.75) is 20.8 Å². The number of carbonyl (C=O) groups excluding carboxylic acids is 1. The third-order valence-electron chi connectivity index (χ3n) is 1.80. The molecule has 0 spiro atoms. The first-order valence-corrected chi connectivity index (χ1v) is 5.64. The standard InChI is InChI=1S/C12H13NOS/c1-9-6-7-12(10(2)13-9)5-4-8-15-11(3)14/h6-7H,8H2,1-3H3. The van der Waals surface area contributed by atoms with E-state index in [1.807, 2.05) is 26.0 Å². The summed E-state index contributed by atoms with van der Waals surface area (Å²) in [6.45, 7) is 5.44. The molecule has 15 heavy (non-hydrogen) atoms. The number of nitrogens with zero attached hydrogens (tertiary/aromatic N) is 1. The lowest BCUT2D eigenvalue weighted by atomic mass is 10.2. The summed E-state index contributed by atoms with van der Waals surface area (Å²) in [4.78, 5) is 15.0. The summed E-state index contributed by atoms with van der Waals surface area (Å²) < 4.78 is 0. The van der Waals surface area contributed by atoms with E-state index in [9.17, 15) is 4.79 Å². The number of thioether (sulfide) groups is 1. The zero-order valence-corrected chi connectivity index (χ0v) is 9.94. The predicted octanol–water partition coefficient (Wildman–Crippen LogP) is 2.33. The number of aryl methyl sites for hydroxylation is 2. The Hall–Kier alpha value is -1.27. The van der Waals surface area contributed by atoms with Crippen molar-refractivity contribution in [2.24, 2.45) is 0 Å². The summed E-state index contributed by atoms with van der Waals surface area (Å²) in [6.07, 6.45) is 0. The Kier molecular flexibility index (Phi) is 4.38. The highest BCUT2D eigenvalue weighted by atomic mass is 32.2. The molecule has 1 heterocycles. The second-order valence-electron chi connectivity index (χ2n) is 3.17. The molecule has 0 aliphatic heterocycles. The summed E-state index contributed by atoms with van der Waals surface area (Å²) in [5.41, 5.74) is 2.87. The van der Waals surface area contributed by atoms with E-state index in [0.29, 0.717) is 5.75 Å². The van der Waals surface area contributed by atoms with E-state index in [4.69, 9.17) is 0 Å². The van der Waals surface area contributed by atoms with E-state index in [2.05, 4.69) is 16.8 Å². The highest BCUT2D eigenvalue weighted by Gasteiger charge is 1.95. The molecular weight excluding hydrogens is 206 g/mol. The van der Waals surface area contributed by atoms with E-state index < -0.39 is 0 Å². The van der Waals surface area contributed by atoms with Gasteiger partial charge in [0.1, 0.15) is 0 Å². The molecule has 0 N–H and O–H groups in total. The van der Waals surface area contributed by atoms with Gasteiger partial charge in [0.15, 0.2) is 5.12 Å². The van der Waals surface area contributed by atoms with E-state index >= 15 is 0 Å². The fraction of sp³-hybridized carbons (Fsp3) is 0.333. The van der Waals surface area contributed by atoms with Gasteiger partial charge in [-0.05, 0) is 26.0 Å². The maximum Gasteiger partial charge on any atom is 0.186 e. The Labute approximate surface area is 94.5 Å². The van der Waals surface area contributed by atoms with Gasteiger partial charge in [-0.2, -0.15) is 0 Å². The molecule has 0 unspecified atom stereocenters. The van der Waals surface area contributed by atoms with Crippen LogP contribution >= 0.6 is 11.8 Å². The van der Waals surface area contributed by atoms with E-state index in [-0.39, 0.29) is 5.12 Å². The van der Waals surface area contributed by atoms with Crippen molar-refractivity contribution in [3.63, 3.8) is 0 Å². The van der Waals surface area contributed by atoms with Gasteiger partial charge in [-0.1, -0.05) is 23.6 Å². The molecular formula is C12H13NOS. The Balaban J connectivity index is 2.67. The fourth-order valence-electron chi connectivity index (χ4n) is 1.09. The Bertz CT molecular complexity index is 429. The van der Waals surface area contributed by atoms with E-state index in [1.165, 1.54) is 11.8 Å². The molecule has 2 nitrogen and oxygen atoms in total. The number of pyridine rings is 1. The molecule has 0 aromatic carbocycles. The summed E-state index contributed by atoms with van der Waals surface area (Å²) in [5, 5.41) is 0.100. The fourth-order valence-corrected chi connectivity index (χ4v) is 1.44. The number of aromatic nitrogens is 1. The second kappa shape index (κ2) is 5.57. The van der Waals surface area contributed by atoms with Crippen molar-refractivity contribution < 1.29 is 4.79 Å². The molecule has 1 rings (SSSR count). The first-order chi connectivity index (χ1) is 7.09. The minimum absolute atomic E-state index is 0.100. The molecule has 3 heteroatoms. The number of hydrogen-bond donors (Lipinski definition) is 0. The summed E-state index contributed by atoms with van der Waals surface area (Å²) in [7, 11) is 0. The molecule has 0 aliphatic rings. The van der Waals surface area contributed by atoms with Crippen LogP contribution in [-0.4, -0.2) is 15.9 Å². The minimum Gasteiger partial charge on any atom is -0.288 e. The largest absolute Gasteiger partial charge is 0.288 e. The minimum atomic E-state index is 0.100. The average Bonchev–Trinajstić information content (AvgIpc) is 2.14. The summed E-state index contributed by atoms with van der Waals surface area (Å²) in [6, 6.07) is 3.90. The van der Waals surface area contributed by atoms with Gasteiger partial charge >= 0.3 is 0 Å². The lowest BCUT2D eigenvalue weighted by Crippen LogP contribution is -1.90. The average molecular weight is 219 g/mol. The Morgan fingerprint density at radius 1 is 1.47 bits per heavy atom. The maximum atomic E-state index is 10.6. The number of rotatable bonds is 1. The topological polar surface area (TPSA) is 30.0 Å². The number of hydrogen-bond acceptors (Lipinski definition) is 3. The lowest BCUT2D eigenvalue weighted by Gasteiger charge is -1.97. The quantitative estimate of drug-likeness (QED) is 0.679. The highest BCUT2D eigenvalue weighted by molar-refractivity contribution is 8.13. The van der Waals surface area contributed by atoms with Crippen molar-refractivity contribution in [1.82, 2.24) is 4.98 Å². The van der Waals surface area contributed by atoms with Crippen LogP contribution in [0.3, 0.4) is 0 Å². The zero-order chi connectivity index (χ0) is 11.3. The van der Waals surface area contributed by atoms with Crippen LogP contribution in [0.15, 0.2) is 12.1 Å². The Morgan fingerprint density at radius 2 is 2.20 bits per heavy atom. The smallest absolute Gasteiger partial charge is 0.186 e. The van der Waals surface area contributed by atoms with Crippen molar-refractivity contribution in [3.05, 3.63) is 29.1 Å². The third kappa shape index (κ3) is 4.18. The lowest BCUT2D eigenvalue weighted by molar-refractivity contribution is -0.109. The van der Waals surface area contributed by atoms with Crippen LogP contribution in [0.2, 0.25) is 0 Å². The van der Waals surface area contributed by atoms with Crippen LogP contribution in [0, 0.1) is 25.7 Å². The number of carbonyl (C=O) groups is 1. The van der Waals surface area contributed by atoms with Crippen LogP contribution < -0.4 is 0 Å². The van der Waals surface area contributed by atoms with Gasteiger partial charge in [-0.3, -0.25) is 9.78 Å². The van der Waals surface area contributed by atoms with Gasteiger partial charge < -0.3 is 0 Å². The Morgan fingerprint density at radius 3 is 2.80 bits per heavy atom. The van der Waals surface area contributed by atoms with Crippen LogP contribution in [0.25, 0.3) is 0 Å². The SMILES string of the molecule is CC(=O)SCC#Cc1ccc(C)nc1C. The van der Waals surface area contributed by atoms with Gasteiger partial charge in [-0.25, -0.2) is 0 Å². The second-order valence-corrected chi connectivity index (χ2v) is 4.32. The monoisotopic (exact) mass is 219 g/mol. The van der Waals surface area contributed by atoms with Crippen LogP contribution in [0.4, 0.5) is 0 Å². The van der Waals surface area contributed by atoms with Crippen molar-refractivity contribution >= 4 is 16.9 Å². The van der Waals surface area contributed by atoms with E-state index in [0.717, 1.165) is 17.0 Å². The van der Waals surface area contributed by atoms with Crippen molar-refractivity contribution in [2.75, 3.05) is 5.75 Å². The molecule has 0 saturated carbocycles. The molecule has 0 atom stereocenters. The first kappa shape index (κ1) is 11.8. The third-order valence-corrected chi connectivity index (χ3v) is 2.49. The predicted molar refractivity (Wildman–Crippen MR) is 63.7 cm³/mol. The molecule has 0 amide bonds. The van der Waals surface area contributed by atoms with E-state index in [1.54, 1.807) is 6.92 Å². The molecule has 1 aromatic heterocycles. The van der Waals surface area contributed by atoms with Gasteiger partial charge in [0.25, 0.3) is 0 Å². The maximum absolute atomic E-state index is 10.6. The van der Waals surface area contributed by atoms with Crippen LogP contribution in [0.1, 0.15) is 23.9 Å². The van der Waals surface area contributed by atoms with Crippen LogP contribution in [-0.2, 0) is 4.79 Å². The van der Waals surface area contributed by atoms with Gasteiger partial charge in [0.05, 0.1) is 11.4 Å². The molecule has 0 saturated heterocycles. The van der Waals surface area contributed by atoms with Crippen molar-refractivity contribution in [3.8, 4) is 11.8 Å². The first-order valence-electron chi connectivity index (χ1n) is 4.66. The van der Waals surface area contributed by atoms with Gasteiger partial charge in [0, 0.05) is 18.2 Å². The summed E-state index contributed by atoms with van der Waals surface area (Å²) >= 11 is 1.23. The zero-order valence-electron chi connectivity index (χ0n) is 9.13. The normalized spacial score (nSPS) is 9.27. The van der Waals surface area contributed by atoms with Gasteiger partial charge in [0.2, 0.25) is 0 Å². The molecule has 0 bridgehead atoms. The molecule has 78 valence electrons. The van der Waals surface area contributed by atoms with Crippen LogP contribution in [0.5, 0.6) is 0 Å². The highest BCUT2D eigenvalue weighted by Crippen LogP contribution is 2.05. The molecule has 0 radical (unpaired) electrons. The molecule has 1 aromatic rings. The van der Waals surface area contributed by atoms with Gasteiger partial charge in [-0.15, -0.1) is 0 Å². The molecule has 0 fully saturated rings. The van der Waals surface area contributed by atoms with Crippen molar-refractivity contribution in [1.29, 1.82) is 0 Å².